The number of benzene rings is 1. The fraction of sp³-hybridized carbons (Fsp3) is 0.333. The van der Waals surface area contributed by atoms with Crippen LogP contribution in [0, 0.1) is 0 Å². The number of amides is 1. The van der Waals surface area contributed by atoms with E-state index >= 15 is 0 Å². The van der Waals surface area contributed by atoms with Crippen LogP contribution in [0.5, 0.6) is 0 Å². The number of aryl methyl sites for hydroxylation is 1. The summed E-state index contributed by atoms with van der Waals surface area (Å²) in [4.78, 5) is 16.0. The van der Waals surface area contributed by atoms with Gasteiger partial charge in [0, 0.05) is 22.3 Å². The molecule has 0 atom stereocenters. The van der Waals surface area contributed by atoms with E-state index in [1.54, 1.807) is 12.1 Å². The maximum absolute atomic E-state index is 11.5. The van der Waals surface area contributed by atoms with Crippen molar-refractivity contribution in [1.29, 1.82) is 0 Å². The molecule has 3 N–H and O–H groups in total. The molecule has 1 aromatic carbocycles. The Hall–Kier alpha value is -1.66. The maximum atomic E-state index is 11.5. The zero-order valence-corrected chi connectivity index (χ0v) is 13.2. The van der Waals surface area contributed by atoms with Crippen molar-refractivity contribution in [2.45, 2.75) is 32.2 Å². The number of nitrogens with zero attached hydrogens (tertiary/aromatic N) is 2. The lowest BCUT2D eigenvalue weighted by Crippen LogP contribution is -2.29. The third kappa shape index (κ3) is 2.87. The van der Waals surface area contributed by atoms with Gasteiger partial charge in [-0.05, 0) is 43.4 Å². The second-order valence-corrected chi connectivity index (χ2v) is 6.11. The number of carbonyl (C=O) groups excluding carboxylic acids is 1. The fourth-order valence-corrected chi connectivity index (χ4v) is 3.26. The highest BCUT2D eigenvalue weighted by Crippen LogP contribution is 2.24. The van der Waals surface area contributed by atoms with E-state index in [2.05, 4.69) is 30.9 Å². The van der Waals surface area contributed by atoms with Crippen LogP contribution in [0.15, 0.2) is 29.0 Å². The van der Waals surface area contributed by atoms with Crippen LogP contribution in [-0.2, 0) is 19.4 Å². The number of hydrogen-bond acceptors (Lipinski definition) is 3. The maximum Gasteiger partial charge on any atom is 0.265 e. The number of hydrogen-bond donors (Lipinski definition) is 2. The van der Waals surface area contributed by atoms with E-state index in [1.807, 2.05) is 12.4 Å². The van der Waals surface area contributed by atoms with Crippen molar-refractivity contribution in [2.75, 3.05) is 0 Å². The van der Waals surface area contributed by atoms with Crippen molar-refractivity contribution < 1.29 is 4.79 Å². The monoisotopic (exact) mass is 348 g/mol. The van der Waals surface area contributed by atoms with E-state index < -0.39 is 0 Å². The summed E-state index contributed by atoms with van der Waals surface area (Å²) < 4.78 is 3.11. The molecule has 2 aromatic rings. The van der Waals surface area contributed by atoms with Crippen molar-refractivity contribution in [2.24, 2.45) is 5.84 Å². The van der Waals surface area contributed by atoms with Gasteiger partial charge in [-0.15, -0.1) is 0 Å². The summed E-state index contributed by atoms with van der Waals surface area (Å²) >= 11 is 3.53. The lowest BCUT2D eigenvalue weighted by atomic mass is 10.0. The second-order valence-electron chi connectivity index (χ2n) is 5.25. The first kappa shape index (κ1) is 14.3. The van der Waals surface area contributed by atoms with E-state index in [-0.39, 0.29) is 5.91 Å². The molecule has 1 aromatic heterocycles. The Kier molecular flexibility index (Phi) is 4.07. The van der Waals surface area contributed by atoms with Gasteiger partial charge in [0.05, 0.1) is 12.0 Å². The van der Waals surface area contributed by atoms with Gasteiger partial charge in [-0.2, -0.15) is 0 Å². The van der Waals surface area contributed by atoms with Gasteiger partial charge < -0.3 is 4.57 Å². The Bertz CT molecular complexity index is 680. The van der Waals surface area contributed by atoms with Crippen molar-refractivity contribution in [1.82, 2.24) is 15.0 Å². The summed E-state index contributed by atoms with van der Waals surface area (Å²) in [6, 6.07) is 5.52. The molecule has 1 amide bonds. The number of carbonyl (C=O) groups is 1. The molecule has 0 unspecified atom stereocenters. The summed E-state index contributed by atoms with van der Waals surface area (Å²) in [5.74, 6) is 4.86. The van der Waals surface area contributed by atoms with Gasteiger partial charge in [-0.25, -0.2) is 10.8 Å². The first-order chi connectivity index (χ1) is 10.2. The largest absolute Gasteiger partial charge is 0.330 e. The summed E-state index contributed by atoms with van der Waals surface area (Å²) in [6.07, 6.45) is 6.56. The van der Waals surface area contributed by atoms with Gasteiger partial charge in [0.1, 0.15) is 0 Å². The molecule has 0 spiro atoms. The molecule has 21 heavy (non-hydrogen) atoms. The molecule has 1 heterocycles. The summed E-state index contributed by atoms with van der Waals surface area (Å²) in [7, 11) is 0. The minimum Gasteiger partial charge on any atom is -0.330 e. The second kappa shape index (κ2) is 5.99. The molecule has 0 saturated heterocycles. The van der Waals surface area contributed by atoms with E-state index in [4.69, 9.17) is 5.84 Å². The van der Waals surface area contributed by atoms with Crippen LogP contribution in [0.25, 0.3) is 0 Å². The third-order valence-corrected chi connectivity index (χ3v) is 4.64. The van der Waals surface area contributed by atoms with E-state index in [9.17, 15) is 4.79 Å². The summed E-state index contributed by atoms with van der Waals surface area (Å²) in [6.45, 7) is 0.757. The Labute approximate surface area is 131 Å². The van der Waals surface area contributed by atoms with Gasteiger partial charge >= 0.3 is 0 Å². The highest BCUT2D eigenvalue weighted by atomic mass is 79.9. The van der Waals surface area contributed by atoms with Crippen molar-refractivity contribution >= 4 is 21.8 Å². The van der Waals surface area contributed by atoms with Crippen molar-refractivity contribution in [3.8, 4) is 0 Å². The van der Waals surface area contributed by atoms with Gasteiger partial charge in [-0.3, -0.25) is 10.2 Å². The zero-order chi connectivity index (χ0) is 14.8. The van der Waals surface area contributed by atoms with E-state index in [1.165, 1.54) is 24.2 Å². The van der Waals surface area contributed by atoms with Crippen molar-refractivity contribution in [3.63, 3.8) is 0 Å². The van der Waals surface area contributed by atoms with Gasteiger partial charge in [-0.1, -0.05) is 22.0 Å². The number of hydrazine groups is 1. The lowest BCUT2D eigenvalue weighted by molar-refractivity contribution is 0.0953. The molecule has 0 radical (unpaired) electrons. The van der Waals surface area contributed by atoms with Crippen LogP contribution < -0.4 is 11.3 Å². The smallest absolute Gasteiger partial charge is 0.265 e. The molecular weight excluding hydrogens is 332 g/mol. The van der Waals surface area contributed by atoms with Crippen LogP contribution >= 0.6 is 15.9 Å². The molecule has 110 valence electrons. The minimum atomic E-state index is -0.290. The molecule has 1 aliphatic carbocycles. The molecule has 0 saturated carbocycles. The highest BCUT2D eigenvalue weighted by Gasteiger charge is 2.16. The number of nitrogen functional groups attached to an aromatic ring is 1. The topological polar surface area (TPSA) is 72.9 Å². The molecule has 0 fully saturated rings. The lowest BCUT2D eigenvalue weighted by Gasteiger charge is -2.15. The Balaban J connectivity index is 1.85. The predicted octanol–water partition coefficient (Wildman–Crippen LogP) is 2.18. The molecule has 6 heteroatoms. The first-order valence-corrected chi connectivity index (χ1v) is 7.80. The average Bonchev–Trinajstić information content (AvgIpc) is 2.92. The molecular formula is C15H17BrN4O. The SMILES string of the molecule is NNC(=O)c1ccc(Cn2cnc3c2CCCC3)c(Br)c1. The predicted molar refractivity (Wildman–Crippen MR) is 83.8 cm³/mol. The molecule has 3 rings (SSSR count). The Morgan fingerprint density at radius 1 is 1.38 bits per heavy atom. The van der Waals surface area contributed by atoms with Crippen LogP contribution in [0.3, 0.4) is 0 Å². The van der Waals surface area contributed by atoms with Crippen LogP contribution in [0.1, 0.15) is 40.2 Å². The fourth-order valence-electron chi connectivity index (χ4n) is 2.75. The zero-order valence-electron chi connectivity index (χ0n) is 11.6. The number of nitrogens with two attached hydrogens (primary N) is 1. The number of aromatic nitrogens is 2. The first-order valence-electron chi connectivity index (χ1n) is 7.01. The molecule has 0 bridgehead atoms. The molecule has 5 nitrogen and oxygen atoms in total. The number of nitrogens with one attached hydrogen (secondary N) is 1. The van der Waals surface area contributed by atoms with E-state index in [0.29, 0.717) is 5.56 Å². The molecule has 1 aliphatic rings. The Morgan fingerprint density at radius 2 is 2.19 bits per heavy atom. The summed E-state index contributed by atoms with van der Waals surface area (Å²) in [5.41, 5.74) is 6.38. The summed E-state index contributed by atoms with van der Waals surface area (Å²) in [5, 5.41) is 0. The average molecular weight is 349 g/mol. The highest BCUT2D eigenvalue weighted by molar-refractivity contribution is 9.10. The third-order valence-electron chi connectivity index (χ3n) is 3.90. The number of imidazole rings is 1. The van der Waals surface area contributed by atoms with Gasteiger partial charge in [0.15, 0.2) is 0 Å². The minimum absolute atomic E-state index is 0.290. The number of fused-ring (bicyclic) bond motifs is 1. The Morgan fingerprint density at radius 3 is 2.95 bits per heavy atom. The van der Waals surface area contributed by atoms with Gasteiger partial charge in [0.25, 0.3) is 5.91 Å². The molecule has 0 aliphatic heterocycles. The standard InChI is InChI=1S/C15H17BrN4O/c16-12-7-10(15(21)19-17)5-6-11(12)8-20-9-18-13-3-1-2-4-14(13)20/h5-7,9H,1-4,8,17H2,(H,19,21). The van der Waals surface area contributed by atoms with Crippen LogP contribution in [0.4, 0.5) is 0 Å². The number of rotatable bonds is 3. The quantitative estimate of drug-likeness (QED) is 0.507. The van der Waals surface area contributed by atoms with Crippen LogP contribution in [0.2, 0.25) is 0 Å². The van der Waals surface area contributed by atoms with E-state index in [0.717, 1.165) is 29.4 Å². The van der Waals surface area contributed by atoms with Crippen molar-refractivity contribution in [3.05, 3.63) is 51.5 Å². The van der Waals surface area contributed by atoms with Gasteiger partial charge in [0.2, 0.25) is 0 Å². The normalized spacial score (nSPS) is 13.8. The van der Waals surface area contributed by atoms with Crippen LogP contribution in [-0.4, -0.2) is 15.5 Å². The number of halogens is 1.